The van der Waals surface area contributed by atoms with Gasteiger partial charge in [-0.1, -0.05) is 11.6 Å². The second kappa shape index (κ2) is 4.89. The Morgan fingerprint density at radius 1 is 1.38 bits per heavy atom. The molecular weight excluding hydrogens is 258 g/mol. The zero-order valence-corrected chi connectivity index (χ0v) is 11.6. The molecule has 0 amide bonds. The van der Waals surface area contributed by atoms with Crippen molar-refractivity contribution in [2.75, 3.05) is 11.5 Å². The Kier molecular flexibility index (Phi) is 3.48. The Morgan fingerprint density at radius 2 is 2.31 bits per heavy atom. The van der Waals surface area contributed by atoms with Crippen molar-refractivity contribution in [2.24, 2.45) is 0 Å². The summed E-state index contributed by atoms with van der Waals surface area (Å²) < 4.78 is 0.958. The predicted molar refractivity (Wildman–Crippen MR) is 73.9 cm³/mol. The Bertz CT molecular complexity index is 371. The second-order valence-corrected chi connectivity index (χ2v) is 7.52. The van der Waals surface area contributed by atoms with Crippen LogP contribution < -0.4 is 5.32 Å². The predicted octanol–water partition coefficient (Wildman–Crippen LogP) is 3.87. The van der Waals surface area contributed by atoms with Crippen molar-refractivity contribution < 1.29 is 0 Å². The molecule has 1 aromatic heterocycles. The van der Waals surface area contributed by atoms with Crippen LogP contribution in [0.2, 0.25) is 4.34 Å². The van der Waals surface area contributed by atoms with Crippen LogP contribution in [0.5, 0.6) is 0 Å². The molecular formula is C12H16ClNS2. The number of thioether (sulfide) groups is 1. The summed E-state index contributed by atoms with van der Waals surface area (Å²) >= 11 is 9.96. The maximum atomic E-state index is 6.12. The maximum absolute atomic E-state index is 6.12. The van der Waals surface area contributed by atoms with Gasteiger partial charge in [-0.05, 0) is 43.1 Å². The largest absolute Gasteiger partial charge is 0.306 e. The molecule has 2 aliphatic rings. The van der Waals surface area contributed by atoms with Gasteiger partial charge in [0, 0.05) is 22.7 Å². The number of hydrogen-bond acceptors (Lipinski definition) is 3. The summed E-state index contributed by atoms with van der Waals surface area (Å²) in [5, 5.41) is 3.81. The molecule has 0 saturated carbocycles. The third kappa shape index (κ3) is 2.28. The SMILES string of the molecule is Clc1cc2c(s1)CCCC2NC1CCSC1. The third-order valence-electron chi connectivity index (χ3n) is 3.45. The molecule has 1 nitrogen and oxygen atoms in total. The molecule has 1 aliphatic carbocycles. The van der Waals surface area contributed by atoms with E-state index in [0.29, 0.717) is 6.04 Å². The molecule has 0 bridgehead atoms. The fraction of sp³-hybridized carbons (Fsp3) is 0.667. The zero-order chi connectivity index (χ0) is 11.0. The Morgan fingerprint density at radius 3 is 3.12 bits per heavy atom. The molecule has 2 heterocycles. The van der Waals surface area contributed by atoms with E-state index in [9.17, 15) is 0 Å². The molecule has 2 unspecified atom stereocenters. The van der Waals surface area contributed by atoms with Crippen molar-refractivity contribution >= 4 is 34.7 Å². The average molecular weight is 274 g/mol. The molecule has 1 N–H and O–H groups in total. The summed E-state index contributed by atoms with van der Waals surface area (Å²) in [7, 11) is 0. The van der Waals surface area contributed by atoms with Crippen LogP contribution in [0.3, 0.4) is 0 Å². The first-order chi connectivity index (χ1) is 7.83. The van der Waals surface area contributed by atoms with Gasteiger partial charge in [-0.2, -0.15) is 11.8 Å². The monoisotopic (exact) mass is 273 g/mol. The highest BCUT2D eigenvalue weighted by Crippen LogP contribution is 2.38. The number of hydrogen-bond donors (Lipinski definition) is 1. The normalized spacial score (nSPS) is 29.3. The molecule has 0 spiro atoms. The number of halogens is 1. The molecule has 1 fully saturated rings. The Labute approximate surface area is 110 Å². The fourth-order valence-electron chi connectivity index (χ4n) is 2.64. The van der Waals surface area contributed by atoms with E-state index in [1.807, 2.05) is 0 Å². The lowest BCUT2D eigenvalue weighted by molar-refractivity contribution is 0.415. The Balaban J connectivity index is 1.75. The van der Waals surface area contributed by atoms with Crippen molar-refractivity contribution in [2.45, 2.75) is 37.8 Å². The van der Waals surface area contributed by atoms with Crippen molar-refractivity contribution in [3.8, 4) is 0 Å². The van der Waals surface area contributed by atoms with Gasteiger partial charge in [-0.25, -0.2) is 0 Å². The van der Waals surface area contributed by atoms with Crippen molar-refractivity contribution in [1.82, 2.24) is 5.32 Å². The van der Waals surface area contributed by atoms with Crippen molar-refractivity contribution in [1.29, 1.82) is 0 Å². The van der Waals surface area contributed by atoms with Crippen LogP contribution in [0, 0.1) is 0 Å². The maximum Gasteiger partial charge on any atom is 0.0934 e. The summed E-state index contributed by atoms with van der Waals surface area (Å²) in [4.78, 5) is 1.51. The van der Waals surface area contributed by atoms with E-state index in [1.165, 1.54) is 47.6 Å². The summed E-state index contributed by atoms with van der Waals surface area (Å²) in [6.07, 6.45) is 5.14. The van der Waals surface area contributed by atoms with Crippen LogP contribution in [0.15, 0.2) is 6.07 Å². The molecule has 1 aliphatic heterocycles. The van der Waals surface area contributed by atoms with E-state index in [-0.39, 0.29) is 0 Å². The second-order valence-electron chi connectivity index (χ2n) is 4.60. The van der Waals surface area contributed by atoms with Crippen molar-refractivity contribution in [3.63, 3.8) is 0 Å². The van der Waals surface area contributed by atoms with Gasteiger partial charge in [-0.3, -0.25) is 0 Å². The van der Waals surface area contributed by atoms with E-state index in [2.05, 4.69) is 23.1 Å². The molecule has 2 atom stereocenters. The van der Waals surface area contributed by atoms with Gasteiger partial charge in [0.05, 0.1) is 4.34 Å². The van der Waals surface area contributed by atoms with E-state index in [0.717, 1.165) is 10.4 Å². The zero-order valence-electron chi connectivity index (χ0n) is 9.17. The van der Waals surface area contributed by atoms with Crippen LogP contribution in [0.25, 0.3) is 0 Å². The number of thiophene rings is 1. The topological polar surface area (TPSA) is 12.0 Å². The van der Waals surface area contributed by atoms with Gasteiger partial charge in [0.15, 0.2) is 0 Å². The molecule has 0 aromatic carbocycles. The standard InChI is InChI=1S/C12H16ClNS2/c13-12-6-9-10(2-1-3-11(9)16-12)14-8-4-5-15-7-8/h6,8,10,14H,1-5,7H2. The lowest BCUT2D eigenvalue weighted by Gasteiger charge is -2.26. The van der Waals surface area contributed by atoms with Gasteiger partial charge in [0.2, 0.25) is 0 Å². The minimum absolute atomic E-state index is 0.566. The number of rotatable bonds is 2. The van der Waals surface area contributed by atoms with Crippen LogP contribution in [0.1, 0.15) is 35.7 Å². The molecule has 16 heavy (non-hydrogen) atoms. The lowest BCUT2D eigenvalue weighted by atomic mass is 9.93. The lowest BCUT2D eigenvalue weighted by Crippen LogP contribution is -2.34. The number of nitrogens with one attached hydrogen (secondary N) is 1. The number of fused-ring (bicyclic) bond motifs is 1. The smallest absolute Gasteiger partial charge is 0.0934 e. The first kappa shape index (κ1) is 11.4. The quantitative estimate of drug-likeness (QED) is 0.878. The van der Waals surface area contributed by atoms with Crippen molar-refractivity contribution in [3.05, 3.63) is 20.8 Å². The van der Waals surface area contributed by atoms with Crippen LogP contribution in [-0.2, 0) is 6.42 Å². The highest BCUT2D eigenvalue weighted by molar-refractivity contribution is 7.99. The van der Waals surface area contributed by atoms with Gasteiger partial charge < -0.3 is 5.32 Å². The van der Waals surface area contributed by atoms with Crippen LogP contribution >= 0.6 is 34.7 Å². The molecule has 88 valence electrons. The highest BCUT2D eigenvalue weighted by atomic mass is 35.5. The fourth-order valence-corrected chi connectivity index (χ4v) is 5.19. The highest BCUT2D eigenvalue weighted by Gasteiger charge is 2.26. The molecule has 0 radical (unpaired) electrons. The molecule has 3 rings (SSSR count). The number of aryl methyl sites for hydroxylation is 1. The molecule has 4 heteroatoms. The van der Waals surface area contributed by atoms with E-state index < -0.39 is 0 Å². The summed E-state index contributed by atoms with van der Waals surface area (Å²) in [5.41, 5.74) is 1.48. The van der Waals surface area contributed by atoms with Crippen LogP contribution in [-0.4, -0.2) is 17.5 Å². The first-order valence-corrected chi connectivity index (χ1v) is 8.30. The Hall–Kier alpha value is 0.300. The average Bonchev–Trinajstić information content (AvgIpc) is 2.86. The summed E-state index contributed by atoms with van der Waals surface area (Å²) in [6.45, 7) is 0. The third-order valence-corrected chi connectivity index (χ3v) is 5.95. The van der Waals surface area contributed by atoms with Gasteiger partial charge in [0.25, 0.3) is 0 Å². The summed E-state index contributed by atoms with van der Waals surface area (Å²) in [6, 6.07) is 3.47. The van der Waals surface area contributed by atoms with Gasteiger partial charge >= 0.3 is 0 Å². The molecule has 1 saturated heterocycles. The van der Waals surface area contributed by atoms with E-state index in [1.54, 1.807) is 11.3 Å². The summed E-state index contributed by atoms with van der Waals surface area (Å²) in [5.74, 6) is 2.60. The van der Waals surface area contributed by atoms with E-state index in [4.69, 9.17) is 11.6 Å². The van der Waals surface area contributed by atoms with Gasteiger partial charge in [-0.15, -0.1) is 11.3 Å². The minimum atomic E-state index is 0.566. The van der Waals surface area contributed by atoms with Gasteiger partial charge in [0.1, 0.15) is 0 Å². The minimum Gasteiger partial charge on any atom is -0.306 e. The van der Waals surface area contributed by atoms with E-state index >= 15 is 0 Å². The molecule has 1 aromatic rings. The first-order valence-electron chi connectivity index (χ1n) is 5.95. The van der Waals surface area contributed by atoms with Crippen LogP contribution in [0.4, 0.5) is 0 Å².